The highest BCUT2D eigenvalue weighted by Gasteiger charge is 2.39. The first-order valence-corrected chi connectivity index (χ1v) is 5.62. The van der Waals surface area contributed by atoms with Gasteiger partial charge in [-0.25, -0.2) is 0 Å². The molecular weight excluding hydrogens is 286 g/mol. The number of hydrogen-bond donors (Lipinski definition) is 2. The van der Waals surface area contributed by atoms with E-state index < -0.39 is 24.2 Å². The topological polar surface area (TPSA) is 24.1 Å². The molecule has 8 heteroatoms. The molecule has 2 rings (SSSR count). The molecule has 2 nitrogen and oxygen atoms in total. The minimum atomic E-state index is -4.47. The van der Waals surface area contributed by atoms with Gasteiger partial charge in [0.2, 0.25) is 0 Å². The lowest BCUT2D eigenvalue weighted by molar-refractivity contribution is -0.150. The third-order valence-electron chi connectivity index (χ3n) is 2.82. The highest BCUT2D eigenvalue weighted by molar-refractivity contribution is 5.37. The molecule has 0 fully saturated rings. The van der Waals surface area contributed by atoms with Gasteiger partial charge in [0, 0.05) is 0 Å². The average Bonchev–Trinajstić information content (AvgIpc) is 2.37. The van der Waals surface area contributed by atoms with Crippen molar-refractivity contribution in [1.82, 2.24) is 10.6 Å². The highest BCUT2D eigenvalue weighted by atomic mass is 19.4. The maximum Gasteiger partial charge on any atom is 0.398 e. The summed E-state index contributed by atoms with van der Waals surface area (Å²) in [6.45, 7) is 0. The third-order valence-corrected chi connectivity index (χ3v) is 2.82. The predicted molar refractivity (Wildman–Crippen MR) is 59.8 cm³/mol. The summed E-state index contributed by atoms with van der Waals surface area (Å²) in [5.74, 6) is -3.65. The molecule has 0 aromatic heterocycles. The molecule has 0 radical (unpaired) electrons. The van der Waals surface area contributed by atoms with Crippen LogP contribution in [0.1, 0.15) is 0 Å². The maximum absolute atomic E-state index is 12.6. The van der Waals surface area contributed by atoms with Crippen molar-refractivity contribution in [3.63, 3.8) is 0 Å². The first-order chi connectivity index (χ1) is 9.18. The van der Waals surface area contributed by atoms with E-state index in [0.29, 0.717) is 0 Å². The van der Waals surface area contributed by atoms with Gasteiger partial charge in [0.15, 0.2) is 0 Å². The van der Waals surface area contributed by atoms with E-state index in [-0.39, 0.29) is 11.4 Å². The molecule has 2 heterocycles. The monoisotopic (exact) mass is 296 g/mol. The second-order valence-corrected chi connectivity index (χ2v) is 4.30. The molecule has 0 saturated heterocycles. The highest BCUT2D eigenvalue weighted by Crippen LogP contribution is 2.34. The number of nitrogens with one attached hydrogen (secondary N) is 2. The van der Waals surface area contributed by atoms with Crippen LogP contribution in [0.3, 0.4) is 0 Å². The van der Waals surface area contributed by atoms with Gasteiger partial charge < -0.3 is 10.6 Å². The number of alkyl halides is 6. The van der Waals surface area contributed by atoms with Crippen LogP contribution in [-0.2, 0) is 0 Å². The van der Waals surface area contributed by atoms with E-state index in [1.165, 1.54) is 0 Å². The predicted octanol–water partition coefficient (Wildman–Crippen LogP) is 3.35. The molecule has 0 aliphatic carbocycles. The van der Waals surface area contributed by atoms with Gasteiger partial charge in [-0.05, 0) is 24.6 Å². The summed E-state index contributed by atoms with van der Waals surface area (Å²) in [4.78, 5) is 0. The molecule has 0 amide bonds. The first kappa shape index (κ1) is 14.5. The maximum atomic E-state index is 12.6. The van der Waals surface area contributed by atoms with Crippen LogP contribution in [0, 0.1) is 11.8 Å². The minimum Gasteiger partial charge on any atom is -0.361 e. The summed E-state index contributed by atoms with van der Waals surface area (Å²) >= 11 is 0. The Balaban J connectivity index is 2.24. The zero-order valence-corrected chi connectivity index (χ0v) is 9.89. The number of dihydropyridines is 2. The summed E-state index contributed by atoms with van der Waals surface area (Å²) in [5.41, 5.74) is -0.0677. The Morgan fingerprint density at radius 3 is 1.35 bits per heavy atom. The van der Waals surface area contributed by atoms with Crippen molar-refractivity contribution in [3.05, 3.63) is 48.1 Å². The minimum absolute atomic E-state index is 0.0339. The fourth-order valence-corrected chi connectivity index (χ4v) is 1.79. The van der Waals surface area contributed by atoms with E-state index in [2.05, 4.69) is 10.6 Å². The summed E-state index contributed by atoms with van der Waals surface area (Å²) in [6.07, 6.45) is -3.35. The lowest BCUT2D eigenvalue weighted by atomic mass is 10.00. The van der Waals surface area contributed by atoms with Crippen LogP contribution in [0.15, 0.2) is 48.1 Å². The van der Waals surface area contributed by atoms with E-state index in [4.69, 9.17) is 0 Å². The molecule has 0 aromatic carbocycles. The molecule has 0 bridgehead atoms. The zero-order valence-electron chi connectivity index (χ0n) is 9.89. The fourth-order valence-electron chi connectivity index (χ4n) is 1.79. The lowest BCUT2D eigenvalue weighted by Crippen LogP contribution is -2.30. The third kappa shape index (κ3) is 3.17. The van der Waals surface area contributed by atoms with Gasteiger partial charge in [0.05, 0.1) is 23.2 Å². The van der Waals surface area contributed by atoms with Crippen LogP contribution < -0.4 is 10.6 Å². The number of rotatable bonds is 1. The van der Waals surface area contributed by atoms with E-state index >= 15 is 0 Å². The standard InChI is InChI=1S/C12H10F6N2/c13-11(14,15)7-1-3-19-9(5-7)10-6-8(2-4-20-10)12(16,17)18/h1-8,19-20H. The Morgan fingerprint density at radius 1 is 0.700 bits per heavy atom. The lowest BCUT2D eigenvalue weighted by Gasteiger charge is -2.25. The average molecular weight is 296 g/mol. The SMILES string of the molecule is FC(F)(F)C1C=CNC(C2=CC(C(F)(F)F)C=CN2)=C1. The second-order valence-electron chi connectivity index (χ2n) is 4.30. The van der Waals surface area contributed by atoms with Crippen LogP contribution >= 0.6 is 0 Å². The van der Waals surface area contributed by atoms with Crippen molar-refractivity contribution < 1.29 is 26.3 Å². The molecule has 2 N–H and O–H groups in total. The Labute approximate surface area is 110 Å². The first-order valence-electron chi connectivity index (χ1n) is 5.62. The van der Waals surface area contributed by atoms with Gasteiger partial charge in [-0.3, -0.25) is 0 Å². The van der Waals surface area contributed by atoms with E-state index in [1.807, 2.05) is 0 Å². The van der Waals surface area contributed by atoms with Crippen molar-refractivity contribution in [1.29, 1.82) is 0 Å². The van der Waals surface area contributed by atoms with Gasteiger partial charge in [-0.2, -0.15) is 26.3 Å². The Hall–Kier alpha value is -1.86. The summed E-state index contributed by atoms with van der Waals surface area (Å²) in [6, 6.07) is 0. The molecule has 2 unspecified atom stereocenters. The summed E-state index contributed by atoms with van der Waals surface area (Å²) in [5, 5.41) is 5.02. The fraction of sp³-hybridized carbons (Fsp3) is 0.333. The van der Waals surface area contributed by atoms with Crippen molar-refractivity contribution in [2.75, 3.05) is 0 Å². The van der Waals surface area contributed by atoms with Crippen molar-refractivity contribution in [3.8, 4) is 0 Å². The second kappa shape index (κ2) is 4.92. The van der Waals surface area contributed by atoms with Crippen LogP contribution in [0.5, 0.6) is 0 Å². The van der Waals surface area contributed by atoms with Crippen LogP contribution in [0.4, 0.5) is 26.3 Å². The number of allylic oxidation sites excluding steroid dienone is 4. The Kier molecular flexibility index (Phi) is 3.58. The molecule has 110 valence electrons. The number of halogens is 6. The van der Waals surface area contributed by atoms with Gasteiger partial charge in [0.1, 0.15) is 0 Å². The molecule has 20 heavy (non-hydrogen) atoms. The van der Waals surface area contributed by atoms with Gasteiger partial charge in [-0.1, -0.05) is 12.2 Å². The van der Waals surface area contributed by atoms with Gasteiger partial charge in [-0.15, -0.1) is 0 Å². The molecule has 2 aliphatic heterocycles. The van der Waals surface area contributed by atoms with E-state index in [1.54, 1.807) is 0 Å². The molecule has 0 aromatic rings. The summed E-state index contributed by atoms with van der Waals surface area (Å²) < 4.78 is 75.5. The van der Waals surface area contributed by atoms with Gasteiger partial charge >= 0.3 is 12.4 Å². The quantitative estimate of drug-likeness (QED) is 0.725. The van der Waals surface area contributed by atoms with E-state index in [0.717, 1.165) is 36.7 Å². The number of hydrogen-bond acceptors (Lipinski definition) is 2. The smallest absolute Gasteiger partial charge is 0.361 e. The van der Waals surface area contributed by atoms with Crippen molar-refractivity contribution in [2.24, 2.45) is 11.8 Å². The van der Waals surface area contributed by atoms with Crippen LogP contribution in [0.2, 0.25) is 0 Å². The molecule has 2 aliphatic rings. The van der Waals surface area contributed by atoms with Crippen molar-refractivity contribution in [2.45, 2.75) is 12.4 Å². The van der Waals surface area contributed by atoms with Crippen LogP contribution in [0.25, 0.3) is 0 Å². The van der Waals surface area contributed by atoms with E-state index in [9.17, 15) is 26.3 Å². The Morgan fingerprint density at radius 2 is 1.05 bits per heavy atom. The molecule has 0 spiro atoms. The Bertz CT molecular complexity index is 449. The zero-order chi connectivity index (χ0) is 15.0. The largest absolute Gasteiger partial charge is 0.398 e. The summed E-state index contributed by atoms with van der Waals surface area (Å²) in [7, 11) is 0. The molecular formula is C12H10F6N2. The van der Waals surface area contributed by atoms with Gasteiger partial charge in [0.25, 0.3) is 0 Å². The molecule has 0 saturated carbocycles. The van der Waals surface area contributed by atoms with Crippen LogP contribution in [-0.4, -0.2) is 12.4 Å². The molecule has 2 atom stereocenters. The van der Waals surface area contributed by atoms with Crippen molar-refractivity contribution >= 4 is 0 Å². The normalized spacial score (nSPS) is 26.5.